The van der Waals surface area contributed by atoms with E-state index in [0.29, 0.717) is 0 Å². The average molecular weight is 306 g/mol. The van der Waals surface area contributed by atoms with Crippen LogP contribution in [0.25, 0.3) is 0 Å². The van der Waals surface area contributed by atoms with Gasteiger partial charge in [0, 0.05) is 18.7 Å². The third-order valence-corrected chi connectivity index (χ3v) is 4.86. The Morgan fingerprint density at radius 1 is 1.10 bits per heavy atom. The molecule has 0 atom stereocenters. The van der Waals surface area contributed by atoms with Crippen molar-refractivity contribution in [3.63, 3.8) is 0 Å². The maximum absolute atomic E-state index is 12.6. The standard InChI is InChI=1S/C14H14N2O4S/c1-2-15(12-7-6-8-13(11-12)16(17)18)21(19,20)14-9-4-3-5-10-14/h3-11H,2H2,1H3. The maximum atomic E-state index is 12.6. The first-order chi connectivity index (χ1) is 9.96. The number of nitro groups is 1. The van der Waals surface area contributed by atoms with Crippen LogP contribution in [-0.2, 0) is 10.0 Å². The molecule has 0 radical (unpaired) electrons. The van der Waals surface area contributed by atoms with Crippen LogP contribution in [0, 0.1) is 10.1 Å². The molecule has 0 bridgehead atoms. The number of non-ortho nitro benzene ring substituents is 1. The fourth-order valence-electron chi connectivity index (χ4n) is 1.97. The Balaban J connectivity index is 2.49. The lowest BCUT2D eigenvalue weighted by Crippen LogP contribution is -2.30. The highest BCUT2D eigenvalue weighted by Crippen LogP contribution is 2.26. The fourth-order valence-corrected chi connectivity index (χ4v) is 3.46. The molecule has 0 aliphatic rings. The molecule has 0 aliphatic heterocycles. The monoisotopic (exact) mass is 306 g/mol. The molecule has 110 valence electrons. The van der Waals surface area contributed by atoms with E-state index < -0.39 is 14.9 Å². The molecular weight excluding hydrogens is 292 g/mol. The van der Waals surface area contributed by atoms with Crippen LogP contribution in [0.1, 0.15) is 6.92 Å². The van der Waals surface area contributed by atoms with Crippen molar-refractivity contribution in [3.05, 3.63) is 64.7 Å². The van der Waals surface area contributed by atoms with Gasteiger partial charge in [-0.2, -0.15) is 0 Å². The topological polar surface area (TPSA) is 80.5 Å². The predicted molar refractivity (Wildman–Crippen MR) is 79.7 cm³/mol. The number of hydrogen-bond donors (Lipinski definition) is 0. The van der Waals surface area contributed by atoms with Crippen molar-refractivity contribution in [2.24, 2.45) is 0 Å². The van der Waals surface area contributed by atoms with Crippen molar-refractivity contribution in [3.8, 4) is 0 Å². The molecule has 0 aromatic heterocycles. The van der Waals surface area contributed by atoms with Crippen molar-refractivity contribution in [2.75, 3.05) is 10.8 Å². The molecule has 2 aromatic rings. The van der Waals surface area contributed by atoms with Crippen molar-refractivity contribution >= 4 is 21.4 Å². The summed E-state index contributed by atoms with van der Waals surface area (Å²) in [6.07, 6.45) is 0. The van der Waals surface area contributed by atoms with E-state index in [-0.39, 0.29) is 22.8 Å². The van der Waals surface area contributed by atoms with Gasteiger partial charge in [-0.15, -0.1) is 0 Å². The molecular formula is C14H14N2O4S. The Bertz CT molecular complexity index is 745. The largest absolute Gasteiger partial charge is 0.271 e. The lowest BCUT2D eigenvalue weighted by atomic mass is 10.3. The summed E-state index contributed by atoms with van der Waals surface area (Å²) in [5.41, 5.74) is 0.129. The summed E-state index contributed by atoms with van der Waals surface area (Å²) in [7, 11) is -3.74. The quantitative estimate of drug-likeness (QED) is 0.628. The van der Waals surface area contributed by atoms with E-state index in [0.717, 1.165) is 4.31 Å². The smallest absolute Gasteiger partial charge is 0.266 e. The van der Waals surface area contributed by atoms with Crippen molar-refractivity contribution < 1.29 is 13.3 Å². The fraction of sp³-hybridized carbons (Fsp3) is 0.143. The zero-order valence-corrected chi connectivity index (χ0v) is 12.2. The SMILES string of the molecule is CCN(c1cccc([N+](=O)[O-])c1)S(=O)(=O)c1ccccc1. The first-order valence-electron chi connectivity index (χ1n) is 6.29. The molecule has 0 unspecified atom stereocenters. The van der Waals surface area contributed by atoms with Gasteiger partial charge in [0.15, 0.2) is 0 Å². The predicted octanol–water partition coefficient (Wildman–Crippen LogP) is 2.81. The van der Waals surface area contributed by atoms with Crippen LogP contribution >= 0.6 is 0 Å². The summed E-state index contributed by atoms with van der Waals surface area (Å²) in [6.45, 7) is 1.86. The first-order valence-corrected chi connectivity index (χ1v) is 7.73. The molecule has 0 aliphatic carbocycles. The molecule has 21 heavy (non-hydrogen) atoms. The van der Waals surface area contributed by atoms with E-state index in [2.05, 4.69) is 0 Å². The summed E-state index contributed by atoms with van der Waals surface area (Å²) in [5, 5.41) is 10.8. The molecule has 0 N–H and O–H groups in total. The van der Waals surface area contributed by atoms with Gasteiger partial charge < -0.3 is 0 Å². The van der Waals surface area contributed by atoms with E-state index in [9.17, 15) is 18.5 Å². The van der Waals surface area contributed by atoms with Crippen LogP contribution in [0.4, 0.5) is 11.4 Å². The Labute approximate surface area is 122 Å². The number of nitrogens with zero attached hydrogens (tertiary/aromatic N) is 2. The molecule has 6 nitrogen and oxygen atoms in total. The number of hydrogen-bond acceptors (Lipinski definition) is 4. The van der Waals surface area contributed by atoms with Gasteiger partial charge in [-0.3, -0.25) is 14.4 Å². The summed E-state index contributed by atoms with van der Waals surface area (Å²) in [5.74, 6) is 0. The van der Waals surface area contributed by atoms with Crippen LogP contribution in [0.5, 0.6) is 0 Å². The minimum absolute atomic E-state index is 0.144. The van der Waals surface area contributed by atoms with Gasteiger partial charge in [-0.25, -0.2) is 8.42 Å². The Kier molecular flexibility index (Phi) is 4.23. The minimum Gasteiger partial charge on any atom is -0.266 e. The number of rotatable bonds is 5. The van der Waals surface area contributed by atoms with Gasteiger partial charge >= 0.3 is 0 Å². The second-order valence-electron chi connectivity index (χ2n) is 4.26. The Hall–Kier alpha value is -2.41. The first kappa shape index (κ1) is 15.0. The van der Waals surface area contributed by atoms with Crippen LogP contribution in [-0.4, -0.2) is 19.9 Å². The Morgan fingerprint density at radius 3 is 2.33 bits per heavy atom. The zero-order valence-electron chi connectivity index (χ0n) is 11.3. The van der Waals surface area contributed by atoms with Gasteiger partial charge in [-0.05, 0) is 25.1 Å². The van der Waals surface area contributed by atoms with Crippen molar-refractivity contribution in [2.45, 2.75) is 11.8 Å². The second kappa shape index (κ2) is 5.92. The summed E-state index contributed by atoms with van der Waals surface area (Å²) in [6, 6.07) is 13.6. The van der Waals surface area contributed by atoms with Gasteiger partial charge in [0.2, 0.25) is 0 Å². The van der Waals surface area contributed by atoms with Crippen LogP contribution in [0.3, 0.4) is 0 Å². The van der Waals surface area contributed by atoms with Crippen molar-refractivity contribution in [1.29, 1.82) is 0 Å². The van der Waals surface area contributed by atoms with E-state index >= 15 is 0 Å². The summed E-state index contributed by atoms with van der Waals surface area (Å²) in [4.78, 5) is 10.4. The van der Waals surface area contributed by atoms with Crippen LogP contribution in [0.2, 0.25) is 0 Å². The number of anilines is 1. The molecule has 0 amide bonds. The molecule has 0 saturated heterocycles. The normalized spacial score (nSPS) is 11.1. The number of sulfonamides is 1. The number of benzene rings is 2. The third-order valence-electron chi connectivity index (χ3n) is 2.95. The molecule has 0 saturated carbocycles. The van der Waals surface area contributed by atoms with Gasteiger partial charge in [-0.1, -0.05) is 24.3 Å². The van der Waals surface area contributed by atoms with Gasteiger partial charge in [0.05, 0.1) is 15.5 Å². The highest BCUT2D eigenvalue weighted by Gasteiger charge is 2.24. The second-order valence-corrected chi connectivity index (χ2v) is 6.12. The lowest BCUT2D eigenvalue weighted by Gasteiger charge is -2.22. The van der Waals surface area contributed by atoms with Gasteiger partial charge in [0.1, 0.15) is 0 Å². The van der Waals surface area contributed by atoms with E-state index in [1.807, 2.05) is 0 Å². The highest BCUT2D eigenvalue weighted by atomic mass is 32.2. The average Bonchev–Trinajstić information content (AvgIpc) is 2.49. The molecule has 0 spiro atoms. The Morgan fingerprint density at radius 2 is 1.76 bits per heavy atom. The maximum Gasteiger partial charge on any atom is 0.271 e. The van der Waals surface area contributed by atoms with E-state index in [1.165, 1.54) is 36.4 Å². The molecule has 7 heteroatoms. The van der Waals surface area contributed by atoms with Gasteiger partial charge in [0.25, 0.3) is 15.7 Å². The van der Waals surface area contributed by atoms with Crippen LogP contribution < -0.4 is 4.31 Å². The third kappa shape index (κ3) is 3.03. The van der Waals surface area contributed by atoms with E-state index in [1.54, 1.807) is 25.1 Å². The summed E-state index contributed by atoms with van der Waals surface area (Å²) < 4.78 is 26.4. The molecule has 0 fully saturated rings. The highest BCUT2D eigenvalue weighted by molar-refractivity contribution is 7.92. The molecule has 2 rings (SSSR count). The van der Waals surface area contributed by atoms with Crippen molar-refractivity contribution in [1.82, 2.24) is 0 Å². The lowest BCUT2D eigenvalue weighted by molar-refractivity contribution is -0.384. The van der Waals surface area contributed by atoms with E-state index in [4.69, 9.17) is 0 Å². The molecule has 2 aromatic carbocycles. The summed E-state index contributed by atoms with van der Waals surface area (Å²) >= 11 is 0. The van der Waals surface area contributed by atoms with Crippen LogP contribution in [0.15, 0.2) is 59.5 Å². The number of nitro benzene ring substituents is 1. The minimum atomic E-state index is -3.74. The molecule has 0 heterocycles. The zero-order chi connectivity index (χ0) is 15.5.